The van der Waals surface area contributed by atoms with E-state index in [4.69, 9.17) is 5.73 Å². The summed E-state index contributed by atoms with van der Waals surface area (Å²) in [5.74, 6) is -3.05. The molecule has 0 aliphatic carbocycles. The van der Waals surface area contributed by atoms with Crippen LogP contribution in [0.1, 0.15) is 0 Å². The molecule has 0 atom stereocenters. The first-order chi connectivity index (χ1) is 8.29. The van der Waals surface area contributed by atoms with Gasteiger partial charge in [0, 0.05) is 7.05 Å². The molecule has 0 aliphatic rings. The van der Waals surface area contributed by atoms with Crippen molar-refractivity contribution in [3.05, 3.63) is 23.8 Å². The maximum absolute atomic E-state index is 13.5. The van der Waals surface area contributed by atoms with Gasteiger partial charge in [0.15, 0.2) is 5.82 Å². The number of hydrogen-bond acceptors (Lipinski definition) is 4. The molecule has 0 heterocycles. The molecule has 9 heteroatoms. The van der Waals surface area contributed by atoms with Gasteiger partial charge >= 0.3 is 0 Å². The van der Waals surface area contributed by atoms with Gasteiger partial charge < -0.3 is 11.1 Å². The molecule has 4 N–H and O–H groups in total. The van der Waals surface area contributed by atoms with Crippen LogP contribution in [0, 0.1) is 11.6 Å². The first-order valence-electron chi connectivity index (χ1n) is 4.73. The number of carbonyl (C=O) groups is 1. The molecule has 0 bridgehead atoms. The van der Waals surface area contributed by atoms with E-state index in [2.05, 4.69) is 5.32 Å². The average molecular weight is 279 g/mol. The van der Waals surface area contributed by atoms with Crippen LogP contribution in [0.3, 0.4) is 0 Å². The van der Waals surface area contributed by atoms with Crippen LogP contribution >= 0.6 is 0 Å². The van der Waals surface area contributed by atoms with Crippen LogP contribution in [-0.2, 0) is 14.8 Å². The summed E-state index contributed by atoms with van der Waals surface area (Å²) in [6.07, 6.45) is 0. The van der Waals surface area contributed by atoms with Gasteiger partial charge in [0.2, 0.25) is 15.9 Å². The zero-order chi connectivity index (χ0) is 13.9. The number of likely N-dealkylation sites (N-methyl/N-ethyl adjacent to an activating group) is 1. The predicted octanol–water partition coefficient (Wildman–Crippen LogP) is -0.429. The Labute approximate surface area is 102 Å². The Morgan fingerprint density at radius 2 is 2.00 bits per heavy atom. The summed E-state index contributed by atoms with van der Waals surface area (Å²) in [6.45, 7) is -0.560. The van der Waals surface area contributed by atoms with E-state index in [-0.39, 0.29) is 0 Å². The lowest BCUT2D eigenvalue weighted by molar-refractivity contribution is -0.119. The van der Waals surface area contributed by atoms with Crippen molar-refractivity contribution in [2.75, 3.05) is 19.3 Å². The van der Waals surface area contributed by atoms with E-state index in [1.165, 1.54) is 7.05 Å². The highest BCUT2D eigenvalue weighted by atomic mass is 32.2. The van der Waals surface area contributed by atoms with Crippen LogP contribution in [0.2, 0.25) is 0 Å². The Morgan fingerprint density at radius 3 is 2.56 bits per heavy atom. The Kier molecular flexibility index (Phi) is 4.19. The summed E-state index contributed by atoms with van der Waals surface area (Å²) >= 11 is 0. The van der Waals surface area contributed by atoms with Crippen LogP contribution in [0.5, 0.6) is 0 Å². The summed E-state index contributed by atoms with van der Waals surface area (Å²) < 4.78 is 51.5. The van der Waals surface area contributed by atoms with E-state index < -0.39 is 44.7 Å². The van der Waals surface area contributed by atoms with Crippen molar-refractivity contribution in [3.63, 3.8) is 0 Å². The zero-order valence-electron chi connectivity index (χ0n) is 9.33. The predicted molar refractivity (Wildman–Crippen MR) is 60.0 cm³/mol. The molecule has 1 rings (SSSR count). The molecule has 0 aliphatic heterocycles. The standard InChI is InChI=1S/C9H11F2N3O3S/c1-13-7(15)4-14-18(16,17)6-3-2-5(10)9(12)8(6)11/h2-3,14H,4,12H2,1H3,(H,13,15). The minimum absolute atomic E-state index is 0.560. The highest BCUT2D eigenvalue weighted by Gasteiger charge is 2.22. The number of nitrogens with one attached hydrogen (secondary N) is 2. The lowest BCUT2D eigenvalue weighted by Gasteiger charge is -2.08. The first-order valence-corrected chi connectivity index (χ1v) is 6.21. The number of sulfonamides is 1. The molecule has 0 aromatic heterocycles. The van der Waals surface area contributed by atoms with E-state index in [0.717, 1.165) is 12.1 Å². The maximum Gasteiger partial charge on any atom is 0.244 e. The third kappa shape index (κ3) is 2.93. The van der Waals surface area contributed by atoms with Gasteiger partial charge in [0.05, 0.1) is 6.54 Å². The monoisotopic (exact) mass is 279 g/mol. The summed E-state index contributed by atoms with van der Waals surface area (Å²) in [4.78, 5) is 10.1. The van der Waals surface area contributed by atoms with Gasteiger partial charge in [0.1, 0.15) is 16.4 Å². The van der Waals surface area contributed by atoms with Crippen molar-refractivity contribution >= 4 is 21.6 Å². The summed E-state index contributed by atoms with van der Waals surface area (Å²) in [7, 11) is -2.96. The normalized spacial score (nSPS) is 11.3. The smallest absolute Gasteiger partial charge is 0.244 e. The van der Waals surface area contributed by atoms with E-state index in [1.807, 2.05) is 4.72 Å². The van der Waals surface area contributed by atoms with Gasteiger partial charge in [-0.2, -0.15) is 0 Å². The van der Waals surface area contributed by atoms with E-state index in [1.54, 1.807) is 0 Å². The van der Waals surface area contributed by atoms with Crippen molar-refractivity contribution in [1.29, 1.82) is 0 Å². The number of nitrogens with two attached hydrogens (primary N) is 1. The lowest BCUT2D eigenvalue weighted by Crippen LogP contribution is -2.35. The molecule has 0 saturated carbocycles. The number of amides is 1. The van der Waals surface area contributed by atoms with Gasteiger partial charge in [-0.05, 0) is 12.1 Å². The van der Waals surface area contributed by atoms with Gasteiger partial charge in [-0.25, -0.2) is 21.9 Å². The van der Waals surface area contributed by atoms with Crippen LogP contribution in [0.15, 0.2) is 17.0 Å². The fourth-order valence-electron chi connectivity index (χ4n) is 1.08. The zero-order valence-corrected chi connectivity index (χ0v) is 10.1. The third-order valence-electron chi connectivity index (χ3n) is 2.08. The van der Waals surface area contributed by atoms with Crippen molar-refractivity contribution < 1.29 is 22.0 Å². The van der Waals surface area contributed by atoms with Gasteiger partial charge in [0.25, 0.3) is 0 Å². The minimum atomic E-state index is -4.27. The Balaban J connectivity index is 3.06. The first kappa shape index (κ1) is 14.3. The Bertz CT molecular complexity index is 575. The maximum atomic E-state index is 13.5. The number of halogens is 2. The second-order valence-electron chi connectivity index (χ2n) is 3.27. The third-order valence-corrected chi connectivity index (χ3v) is 3.50. The van der Waals surface area contributed by atoms with E-state index in [0.29, 0.717) is 0 Å². The van der Waals surface area contributed by atoms with Crippen molar-refractivity contribution in [2.45, 2.75) is 4.90 Å². The number of carbonyl (C=O) groups excluding carboxylic acids is 1. The second-order valence-corrected chi connectivity index (χ2v) is 5.01. The van der Waals surface area contributed by atoms with E-state index in [9.17, 15) is 22.0 Å². The largest absolute Gasteiger partial charge is 0.394 e. The molecule has 1 amide bonds. The molecule has 100 valence electrons. The van der Waals surface area contributed by atoms with Crippen LogP contribution < -0.4 is 15.8 Å². The van der Waals surface area contributed by atoms with Crippen LogP contribution in [0.25, 0.3) is 0 Å². The molecule has 0 saturated heterocycles. The Morgan fingerprint density at radius 1 is 1.39 bits per heavy atom. The lowest BCUT2D eigenvalue weighted by atomic mass is 10.3. The Hall–Kier alpha value is -1.74. The number of benzene rings is 1. The molecule has 1 aromatic carbocycles. The molecular weight excluding hydrogens is 268 g/mol. The second kappa shape index (κ2) is 5.27. The molecule has 6 nitrogen and oxygen atoms in total. The summed E-state index contributed by atoms with van der Waals surface area (Å²) in [6, 6.07) is 1.46. The van der Waals surface area contributed by atoms with Gasteiger partial charge in [-0.3, -0.25) is 4.79 Å². The number of hydrogen-bond donors (Lipinski definition) is 3. The van der Waals surface area contributed by atoms with Crippen LogP contribution in [-0.4, -0.2) is 27.9 Å². The summed E-state index contributed by atoms with van der Waals surface area (Å²) in [5, 5.41) is 2.18. The number of nitrogen functional groups attached to an aromatic ring is 1. The van der Waals surface area contributed by atoms with Crippen molar-refractivity contribution in [1.82, 2.24) is 10.0 Å². The summed E-state index contributed by atoms with van der Waals surface area (Å²) in [5.41, 5.74) is 4.15. The van der Waals surface area contributed by atoms with Gasteiger partial charge in [-0.15, -0.1) is 0 Å². The minimum Gasteiger partial charge on any atom is -0.394 e. The molecule has 0 radical (unpaired) electrons. The SMILES string of the molecule is CNC(=O)CNS(=O)(=O)c1ccc(F)c(N)c1F. The molecular formula is C9H11F2N3O3S. The van der Waals surface area contributed by atoms with Crippen LogP contribution in [0.4, 0.5) is 14.5 Å². The number of anilines is 1. The fourth-order valence-corrected chi connectivity index (χ4v) is 2.15. The van der Waals surface area contributed by atoms with E-state index >= 15 is 0 Å². The van der Waals surface area contributed by atoms with Gasteiger partial charge in [-0.1, -0.05) is 0 Å². The fraction of sp³-hybridized carbons (Fsp3) is 0.222. The number of rotatable bonds is 4. The topological polar surface area (TPSA) is 101 Å². The highest BCUT2D eigenvalue weighted by molar-refractivity contribution is 7.89. The van der Waals surface area contributed by atoms with Crippen molar-refractivity contribution in [3.8, 4) is 0 Å². The quantitative estimate of drug-likeness (QED) is 0.651. The molecule has 0 spiro atoms. The molecule has 1 aromatic rings. The molecule has 0 fully saturated rings. The molecule has 0 unspecified atom stereocenters. The average Bonchev–Trinajstić information content (AvgIpc) is 2.32. The molecule has 18 heavy (non-hydrogen) atoms. The van der Waals surface area contributed by atoms with Crippen molar-refractivity contribution in [2.24, 2.45) is 0 Å². The highest BCUT2D eigenvalue weighted by Crippen LogP contribution is 2.22.